The van der Waals surface area contributed by atoms with Crippen molar-refractivity contribution in [3.05, 3.63) is 57.9 Å². The third-order valence-electron chi connectivity index (χ3n) is 5.47. The number of piperidine rings is 1. The summed E-state index contributed by atoms with van der Waals surface area (Å²) in [6.45, 7) is 5.58. The quantitative estimate of drug-likeness (QED) is 0.633. The maximum absolute atomic E-state index is 12.8. The number of aryl methyl sites for hydroxylation is 2. The van der Waals surface area contributed by atoms with Crippen molar-refractivity contribution < 1.29 is 9.21 Å². The van der Waals surface area contributed by atoms with Crippen molar-refractivity contribution in [2.75, 3.05) is 13.1 Å². The molecule has 28 heavy (non-hydrogen) atoms. The lowest BCUT2D eigenvalue weighted by molar-refractivity contribution is -0.131. The van der Waals surface area contributed by atoms with Crippen molar-refractivity contribution >= 4 is 17.2 Å². The lowest BCUT2D eigenvalue weighted by Crippen LogP contribution is -2.38. The number of amides is 1. The van der Waals surface area contributed by atoms with Gasteiger partial charge in [0.2, 0.25) is 11.8 Å². The zero-order valence-electron chi connectivity index (χ0n) is 16.4. The van der Waals surface area contributed by atoms with Gasteiger partial charge in [0.15, 0.2) is 0 Å². The highest BCUT2D eigenvalue weighted by Crippen LogP contribution is 2.30. The molecule has 4 rings (SSSR count). The number of hydrogen-bond acceptors (Lipinski definition) is 5. The monoisotopic (exact) mass is 395 g/mol. The molecule has 6 heteroatoms. The molecule has 2 aromatic heterocycles. The van der Waals surface area contributed by atoms with E-state index in [1.165, 1.54) is 10.6 Å². The molecule has 0 aliphatic carbocycles. The molecule has 0 bridgehead atoms. The van der Waals surface area contributed by atoms with E-state index in [0.717, 1.165) is 49.4 Å². The Labute approximate surface area is 169 Å². The van der Waals surface area contributed by atoms with Gasteiger partial charge in [0.25, 0.3) is 0 Å². The molecule has 1 aliphatic heterocycles. The predicted octanol–water partition coefficient (Wildman–Crippen LogP) is 4.62. The number of nitrogens with zero attached hydrogens (tertiary/aromatic N) is 3. The van der Waals surface area contributed by atoms with Crippen LogP contribution in [0.4, 0.5) is 0 Å². The third-order valence-corrected chi connectivity index (χ3v) is 6.41. The second-order valence-electron chi connectivity index (χ2n) is 7.27. The van der Waals surface area contributed by atoms with Gasteiger partial charge in [-0.05, 0) is 43.9 Å². The summed E-state index contributed by atoms with van der Waals surface area (Å²) in [5, 5.41) is 3.21. The minimum atomic E-state index is 0.127. The zero-order valence-corrected chi connectivity index (χ0v) is 17.2. The van der Waals surface area contributed by atoms with Crippen molar-refractivity contribution in [1.82, 2.24) is 14.9 Å². The largest absolute Gasteiger partial charge is 0.441 e. The van der Waals surface area contributed by atoms with Crippen LogP contribution in [0, 0.1) is 6.92 Å². The van der Waals surface area contributed by atoms with Gasteiger partial charge in [0.1, 0.15) is 5.76 Å². The third kappa shape index (κ3) is 4.02. The Balaban J connectivity index is 1.39. The fraction of sp³-hybridized carbons (Fsp3) is 0.409. The van der Waals surface area contributed by atoms with Crippen LogP contribution in [0.15, 0.2) is 40.3 Å². The molecule has 0 spiro atoms. The highest BCUT2D eigenvalue weighted by Gasteiger charge is 2.26. The summed E-state index contributed by atoms with van der Waals surface area (Å²) in [5.41, 5.74) is 2.97. The Morgan fingerprint density at radius 1 is 1.25 bits per heavy atom. The summed E-state index contributed by atoms with van der Waals surface area (Å²) in [4.78, 5) is 23.8. The molecular weight excluding hydrogens is 370 g/mol. The molecule has 1 saturated heterocycles. The second-order valence-corrected chi connectivity index (χ2v) is 8.20. The standard InChI is InChI=1S/C22H25N3O2S/c1-3-16-4-6-17(7-5-16)21-24-19(15(2)27-21)14-20(26)25-11-8-18(9-12-25)22-23-10-13-28-22/h4-7,10,13,18H,3,8-9,11-12,14H2,1-2H3. The van der Waals surface area contributed by atoms with E-state index in [-0.39, 0.29) is 5.91 Å². The van der Waals surface area contributed by atoms with Gasteiger partial charge in [-0.15, -0.1) is 11.3 Å². The van der Waals surface area contributed by atoms with Crippen molar-refractivity contribution in [1.29, 1.82) is 0 Å². The number of carbonyl (C=O) groups excluding carboxylic acids is 1. The molecule has 0 radical (unpaired) electrons. The molecule has 0 unspecified atom stereocenters. The number of benzene rings is 1. The molecule has 3 aromatic rings. The summed E-state index contributed by atoms with van der Waals surface area (Å²) in [6, 6.07) is 8.23. The maximum Gasteiger partial charge on any atom is 0.228 e. The Kier molecular flexibility index (Phi) is 5.57. The number of rotatable bonds is 5. The lowest BCUT2D eigenvalue weighted by atomic mass is 9.97. The molecule has 1 fully saturated rings. The van der Waals surface area contributed by atoms with Gasteiger partial charge in [-0.2, -0.15) is 0 Å². The summed E-state index contributed by atoms with van der Waals surface area (Å²) in [6.07, 6.45) is 5.12. The van der Waals surface area contributed by atoms with Crippen molar-refractivity contribution in [2.45, 2.75) is 45.4 Å². The van der Waals surface area contributed by atoms with Crippen LogP contribution in [0.1, 0.15) is 47.7 Å². The average Bonchev–Trinajstić information content (AvgIpc) is 3.39. The van der Waals surface area contributed by atoms with E-state index in [9.17, 15) is 4.79 Å². The van der Waals surface area contributed by atoms with Crippen molar-refractivity contribution in [3.8, 4) is 11.5 Å². The summed E-state index contributed by atoms with van der Waals surface area (Å²) in [5.74, 6) is 1.92. The maximum atomic E-state index is 12.8. The van der Waals surface area contributed by atoms with Crippen LogP contribution in [0.25, 0.3) is 11.5 Å². The lowest BCUT2D eigenvalue weighted by Gasteiger charge is -2.31. The van der Waals surface area contributed by atoms with Crippen LogP contribution in [0.3, 0.4) is 0 Å². The van der Waals surface area contributed by atoms with Crippen LogP contribution < -0.4 is 0 Å². The van der Waals surface area contributed by atoms with Gasteiger partial charge >= 0.3 is 0 Å². The SMILES string of the molecule is CCc1ccc(-c2nc(CC(=O)N3CCC(c4nccs4)CC3)c(C)o2)cc1. The number of likely N-dealkylation sites (tertiary alicyclic amines) is 1. The van der Waals surface area contributed by atoms with E-state index in [4.69, 9.17) is 4.42 Å². The molecule has 5 nitrogen and oxygen atoms in total. The van der Waals surface area contributed by atoms with E-state index in [2.05, 4.69) is 29.0 Å². The first-order chi connectivity index (χ1) is 13.6. The number of thiazole rings is 1. The first kappa shape index (κ1) is 18.9. The van der Waals surface area contributed by atoms with Crippen LogP contribution in [0.2, 0.25) is 0 Å². The average molecular weight is 396 g/mol. The van der Waals surface area contributed by atoms with E-state index in [1.54, 1.807) is 11.3 Å². The molecule has 1 aromatic carbocycles. The molecule has 3 heterocycles. The Hall–Kier alpha value is -2.47. The summed E-state index contributed by atoms with van der Waals surface area (Å²) >= 11 is 1.71. The van der Waals surface area contributed by atoms with Crippen molar-refractivity contribution in [2.24, 2.45) is 0 Å². The molecule has 1 aliphatic rings. The highest BCUT2D eigenvalue weighted by atomic mass is 32.1. The topological polar surface area (TPSA) is 59.2 Å². The number of carbonyl (C=O) groups is 1. The van der Waals surface area contributed by atoms with Gasteiger partial charge in [-0.1, -0.05) is 19.1 Å². The summed E-state index contributed by atoms with van der Waals surface area (Å²) in [7, 11) is 0. The van der Waals surface area contributed by atoms with Gasteiger partial charge in [-0.25, -0.2) is 9.97 Å². The smallest absolute Gasteiger partial charge is 0.228 e. The predicted molar refractivity (Wildman–Crippen MR) is 110 cm³/mol. The van der Waals surface area contributed by atoms with E-state index < -0.39 is 0 Å². The van der Waals surface area contributed by atoms with E-state index in [1.807, 2.05) is 35.5 Å². The minimum Gasteiger partial charge on any atom is -0.441 e. The molecule has 146 valence electrons. The zero-order chi connectivity index (χ0) is 19.5. The Morgan fingerprint density at radius 2 is 2.00 bits per heavy atom. The molecule has 0 atom stereocenters. The minimum absolute atomic E-state index is 0.127. The fourth-order valence-electron chi connectivity index (χ4n) is 3.67. The molecule has 0 N–H and O–H groups in total. The van der Waals surface area contributed by atoms with Gasteiger partial charge in [0, 0.05) is 36.1 Å². The van der Waals surface area contributed by atoms with Crippen molar-refractivity contribution in [3.63, 3.8) is 0 Å². The first-order valence-corrected chi connectivity index (χ1v) is 10.7. The number of oxazole rings is 1. The molecular formula is C22H25N3O2S. The summed E-state index contributed by atoms with van der Waals surface area (Å²) < 4.78 is 5.84. The highest BCUT2D eigenvalue weighted by molar-refractivity contribution is 7.09. The number of hydrogen-bond donors (Lipinski definition) is 0. The number of aromatic nitrogens is 2. The Morgan fingerprint density at radius 3 is 2.64 bits per heavy atom. The molecule has 1 amide bonds. The fourth-order valence-corrected chi connectivity index (χ4v) is 4.48. The van der Waals surface area contributed by atoms with Crippen LogP contribution >= 0.6 is 11.3 Å². The van der Waals surface area contributed by atoms with E-state index >= 15 is 0 Å². The van der Waals surface area contributed by atoms with E-state index in [0.29, 0.717) is 18.2 Å². The van der Waals surface area contributed by atoms with Gasteiger partial charge in [0.05, 0.1) is 17.1 Å². The normalized spacial score (nSPS) is 15.1. The van der Waals surface area contributed by atoms with Gasteiger partial charge in [-0.3, -0.25) is 4.79 Å². The first-order valence-electron chi connectivity index (χ1n) is 9.86. The van der Waals surface area contributed by atoms with Crippen LogP contribution in [-0.2, 0) is 17.6 Å². The van der Waals surface area contributed by atoms with Gasteiger partial charge < -0.3 is 9.32 Å². The van der Waals surface area contributed by atoms with Crippen LogP contribution in [-0.4, -0.2) is 33.9 Å². The molecule has 0 saturated carbocycles. The second kappa shape index (κ2) is 8.27. The van der Waals surface area contributed by atoms with Crippen LogP contribution in [0.5, 0.6) is 0 Å². The Bertz CT molecular complexity index is 923.